The van der Waals surface area contributed by atoms with Crippen LogP contribution in [0.2, 0.25) is 0 Å². The molecule has 6 rings (SSSR count). The zero-order valence-electron chi connectivity index (χ0n) is 19.8. The summed E-state index contributed by atoms with van der Waals surface area (Å²) >= 11 is 0. The molecule has 4 N–H and O–H groups in total. The van der Waals surface area contributed by atoms with Crippen LogP contribution >= 0.6 is 0 Å². The van der Waals surface area contributed by atoms with Crippen molar-refractivity contribution in [3.05, 3.63) is 34.4 Å². The zero-order valence-corrected chi connectivity index (χ0v) is 19.8. The van der Waals surface area contributed by atoms with Crippen LogP contribution in [0.3, 0.4) is 0 Å². The van der Waals surface area contributed by atoms with Crippen LogP contribution in [0.5, 0.6) is 0 Å². The van der Waals surface area contributed by atoms with Gasteiger partial charge in [0.15, 0.2) is 11.5 Å². The summed E-state index contributed by atoms with van der Waals surface area (Å²) in [5.41, 5.74) is 8.93. The monoisotopic (exact) mass is 482 g/mol. The normalized spacial score (nSPS) is 22.8. The SMILES string of the molecule is C[C@@H]1OCC2(CCN(c3nc4[nH]nc(N5CCc6ncccc65)c4c(=O)n3C)CC2)[C@@H]1N.O=CO. The molecule has 0 radical (unpaired) electrons. The molecule has 3 aliphatic rings. The first kappa shape index (κ1) is 23.2. The number of carboxylic acid groups (broad SMARTS) is 1. The van der Waals surface area contributed by atoms with Crippen molar-refractivity contribution >= 4 is 35.0 Å². The van der Waals surface area contributed by atoms with Crippen molar-refractivity contribution in [3.8, 4) is 0 Å². The molecule has 0 saturated carbocycles. The number of nitrogens with one attached hydrogen (secondary N) is 1. The summed E-state index contributed by atoms with van der Waals surface area (Å²) in [4.78, 5) is 35.3. The van der Waals surface area contributed by atoms with Crippen molar-refractivity contribution in [2.45, 2.75) is 38.3 Å². The summed E-state index contributed by atoms with van der Waals surface area (Å²) in [5.74, 6) is 1.28. The van der Waals surface area contributed by atoms with Gasteiger partial charge in [-0.15, -0.1) is 0 Å². The second-order valence-electron chi connectivity index (χ2n) is 9.41. The van der Waals surface area contributed by atoms with Crippen LogP contribution in [0, 0.1) is 5.41 Å². The Hall–Kier alpha value is -3.51. The summed E-state index contributed by atoms with van der Waals surface area (Å²) in [6.45, 7) is 4.84. The van der Waals surface area contributed by atoms with Gasteiger partial charge in [0.2, 0.25) is 5.95 Å². The van der Waals surface area contributed by atoms with Gasteiger partial charge in [-0.05, 0) is 31.9 Å². The van der Waals surface area contributed by atoms with Gasteiger partial charge < -0.3 is 25.4 Å². The molecule has 35 heavy (non-hydrogen) atoms. The molecule has 12 nitrogen and oxygen atoms in total. The number of carbonyl (C=O) groups is 1. The number of ether oxygens (including phenoxy) is 1. The first-order chi connectivity index (χ1) is 16.9. The third kappa shape index (κ3) is 3.73. The molecule has 0 amide bonds. The van der Waals surface area contributed by atoms with Crippen LogP contribution in [0.15, 0.2) is 23.1 Å². The molecule has 2 saturated heterocycles. The van der Waals surface area contributed by atoms with Gasteiger partial charge in [0, 0.05) is 50.8 Å². The lowest BCUT2D eigenvalue weighted by Crippen LogP contribution is -2.51. The number of H-pyrrole nitrogens is 1. The van der Waals surface area contributed by atoms with Gasteiger partial charge >= 0.3 is 0 Å². The Morgan fingerprint density at radius 1 is 1.31 bits per heavy atom. The molecule has 0 bridgehead atoms. The fraction of sp³-hybridized carbons (Fsp3) is 0.522. The lowest BCUT2D eigenvalue weighted by Gasteiger charge is -2.41. The average Bonchev–Trinajstić information content (AvgIpc) is 3.55. The van der Waals surface area contributed by atoms with Crippen LogP contribution < -0.4 is 21.1 Å². The highest BCUT2D eigenvalue weighted by Gasteiger charge is 2.47. The zero-order chi connectivity index (χ0) is 24.7. The van der Waals surface area contributed by atoms with Crippen molar-refractivity contribution in [3.63, 3.8) is 0 Å². The number of anilines is 3. The molecule has 3 aromatic rings. The van der Waals surface area contributed by atoms with Gasteiger partial charge in [0.25, 0.3) is 12.0 Å². The van der Waals surface area contributed by atoms with Crippen molar-refractivity contribution < 1.29 is 14.6 Å². The number of rotatable bonds is 2. The Labute approximate surface area is 201 Å². The minimum atomic E-state index is -0.250. The Morgan fingerprint density at radius 3 is 2.74 bits per heavy atom. The lowest BCUT2D eigenvalue weighted by atomic mass is 9.73. The van der Waals surface area contributed by atoms with E-state index in [2.05, 4.69) is 31.9 Å². The molecule has 0 unspecified atom stereocenters. The number of aromatic amines is 1. The van der Waals surface area contributed by atoms with E-state index in [9.17, 15) is 4.79 Å². The number of hydrogen-bond acceptors (Lipinski definition) is 9. The largest absolute Gasteiger partial charge is 0.483 e. The number of piperidine rings is 1. The quantitative estimate of drug-likeness (QED) is 0.446. The Bertz CT molecular complexity index is 1300. The lowest BCUT2D eigenvalue weighted by molar-refractivity contribution is -0.122. The van der Waals surface area contributed by atoms with Crippen molar-refractivity contribution in [1.82, 2.24) is 24.7 Å². The van der Waals surface area contributed by atoms with E-state index in [0.29, 0.717) is 29.4 Å². The molecule has 0 aliphatic carbocycles. The maximum Gasteiger partial charge on any atom is 0.290 e. The predicted octanol–water partition coefficient (Wildman–Crippen LogP) is 0.779. The highest BCUT2D eigenvalue weighted by atomic mass is 16.5. The highest BCUT2D eigenvalue weighted by molar-refractivity contribution is 5.90. The summed E-state index contributed by atoms with van der Waals surface area (Å²) < 4.78 is 7.49. The summed E-state index contributed by atoms with van der Waals surface area (Å²) in [6.07, 6.45) is 4.58. The Kier molecular flexibility index (Phi) is 5.93. The fourth-order valence-corrected chi connectivity index (χ4v) is 5.56. The van der Waals surface area contributed by atoms with E-state index >= 15 is 0 Å². The fourth-order valence-electron chi connectivity index (χ4n) is 5.56. The third-order valence-electron chi connectivity index (χ3n) is 7.63. The van der Waals surface area contributed by atoms with Crippen LogP contribution in [0.25, 0.3) is 11.0 Å². The Morgan fingerprint density at radius 2 is 2.06 bits per heavy atom. The van der Waals surface area contributed by atoms with Gasteiger partial charge in [0.05, 0.1) is 24.1 Å². The number of fused-ring (bicyclic) bond motifs is 2. The molecule has 6 heterocycles. The van der Waals surface area contributed by atoms with E-state index in [1.807, 2.05) is 12.1 Å². The molecule has 0 aromatic carbocycles. The van der Waals surface area contributed by atoms with E-state index in [4.69, 9.17) is 25.4 Å². The summed E-state index contributed by atoms with van der Waals surface area (Å²) in [6, 6.07) is 3.98. The molecule has 2 atom stereocenters. The standard InChI is InChI=1S/C22H28N8O2.CH2O2/c1-13-17(23)22(12-32-13)6-10-29(11-7-22)21-25-18-16(20(31)28(21)2)19(27-26-18)30-9-5-14-15(30)4-3-8-24-14;2-1-3/h3-4,8,13,17H,5-7,9-12,23H2,1-2H3,(H,26,27);1H,(H,2,3)/t13-,17+;/m0./s1. The summed E-state index contributed by atoms with van der Waals surface area (Å²) in [5, 5.41) is 14.9. The van der Waals surface area contributed by atoms with Crippen molar-refractivity contribution in [2.75, 3.05) is 36.0 Å². The van der Waals surface area contributed by atoms with Crippen molar-refractivity contribution in [1.29, 1.82) is 0 Å². The maximum absolute atomic E-state index is 13.4. The molecule has 3 aromatic heterocycles. The topological polar surface area (TPSA) is 155 Å². The summed E-state index contributed by atoms with van der Waals surface area (Å²) in [7, 11) is 1.79. The molecule has 1 spiro atoms. The van der Waals surface area contributed by atoms with Crippen LogP contribution in [-0.2, 0) is 23.0 Å². The van der Waals surface area contributed by atoms with Gasteiger partial charge in [0.1, 0.15) is 5.39 Å². The number of nitrogens with zero attached hydrogens (tertiary/aromatic N) is 6. The molecule has 186 valence electrons. The second-order valence-corrected chi connectivity index (χ2v) is 9.41. The van der Waals surface area contributed by atoms with E-state index in [1.165, 1.54) is 0 Å². The van der Waals surface area contributed by atoms with E-state index < -0.39 is 0 Å². The van der Waals surface area contributed by atoms with Gasteiger partial charge in [-0.3, -0.25) is 24.2 Å². The predicted molar refractivity (Wildman–Crippen MR) is 130 cm³/mol. The van der Waals surface area contributed by atoms with Gasteiger partial charge in [-0.2, -0.15) is 10.1 Å². The Balaban J connectivity index is 0.000000806. The van der Waals surface area contributed by atoms with Crippen LogP contribution in [-0.4, -0.2) is 74.7 Å². The number of hydrogen-bond donors (Lipinski definition) is 3. The third-order valence-corrected chi connectivity index (χ3v) is 7.63. The van der Waals surface area contributed by atoms with Gasteiger partial charge in [-0.25, -0.2) is 0 Å². The molecule has 12 heteroatoms. The maximum atomic E-state index is 13.4. The van der Waals surface area contributed by atoms with E-state index in [0.717, 1.165) is 50.3 Å². The molecular formula is C23H30N8O4. The highest BCUT2D eigenvalue weighted by Crippen LogP contribution is 2.42. The first-order valence-electron chi connectivity index (χ1n) is 11.8. The van der Waals surface area contributed by atoms with E-state index in [-0.39, 0.29) is 29.6 Å². The second kappa shape index (κ2) is 8.93. The smallest absolute Gasteiger partial charge is 0.290 e. The molecular weight excluding hydrogens is 452 g/mol. The number of pyridine rings is 1. The first-order valence-corrected chi connectivity index (χ1v) is 11.8. The number of aromatic nitrogens is 5. The average molecular weight is 483 g/mol. The van der Waals surface area contributed by atoms with E-state index in [1.54, 1.807) is 17.8 Å². The van der Waals surface area contributed by atoms with Crippen LogP contribution in [0.4, 0.5) is 17.5 Å². The van der Waals surface area contributed by atoms with Gasteiger partial charge in [-0.1, -0.05) is 0 Å². The van der Waals surface area contributed by atoms with Crippen molar-refractivity contribution in [2.24, 2.45) is 18.2 Å². The minimum absolute atomic E-state index is 0.0250. The minimum Gasteiger partial charge on any atom is -0.483 e. The molecule has 2 fully saturated rings. The van der Waals surface area contributed by atoms with Crippen LogP contribution in [0.1, 0.15) is 25.5 Å². The molecule has 3 aliphatic heterocycles. The number of nitrogens with two attached hydrogens (primary N) is 1.